The minimum Gasteiger partial charge on any atom is -0.481 e. The molecule has 0 amide bonds. The predicted molar refractivity (Wildman–Crippen MR) is 72.7 cm³/mol. The van der Waals surface area contributed by atoms with Crippen molar-refractivity contribution in [2.75, 3.05) is 19.8 Å². The molecule has 3 N–H and O–H groups in total. The molecule has 7 heteroatoms. The highest BCUT2D eigenvalue weighted by Gasteiger charge is 2.04. The molecule has 0 saturated heterocycles. The summed E-state index contributed by atoms with van der Waals surface area (Å²) in [7, 11) is 0. The van der Waals surface area contributed by atoms with Crippen molar-refractivity contribution in [2.45, 2.75) is 52.2 Å². The van der Waals surface area contributed by atoms with Gasteiger partial charge in [0.2, 0.25) is 0 Å². The summed E-state index contributed by atoms with van der Waals surface area (Å²) in [4.78, 5) is 19.3. The zero-order valence-electron chi connectivity index (χ0n) is 12.4. The van der Waals surface area contributed by atoms with Crippen LogP contribution in [0.3, 0.4) is 0 Å². The fourth-order valence-corrected chi connectivity index (χ4v) is 0.933. The van der Waals surface area contributed by atoms with Gasteiger partial charge >= 0.3 is 11.9 Å². The number of hydrogen-bond acceptors (Lipinski definition) is 5. The first kappa shape index (κ1) is 21.1. The number of carbonyl (C=O) groups is 2. The first-order valence-electron chi connectivity index (χ1n) is 6.61. The Labute approximate surface area is 119 Å². The summed E-state index contributed by atoms with van der Waals surface area (Å²) in [6.07, 6.45) is 0.474. The molecule has 0 fully saturated rings. The summed E-state index contributed by atoms with van der Waals surface area (Å²) in [6.45, 7) is 7.29. The van der Waals surface area contributed by atoms with E-state index in [1.54, 1.807) is 0 Å². The zero-order chi connectivity index (χ0) is 16.0. The van der Waals surface area contributed by atoms with Gasteiger partial charge in [-0.1, -0.05) is 6.92 Å². The van der Waals surface area contributed by atoms with Crippen LogP contribution in [-0.2, 0) is 19.1 Å². The second-order valence-corrected chi connectivity index (χ2v) is 4.30. The van der Waals surface area contributed by atoms with Gasteiger partial charge in [-0.3, -0.25) is 9.59 Å². The van der Waals surface area contributed by atoms with Crippen LogP contribution in [0.25, 0.3) is 0 Å². The molecule has 0 aliphatic carbocycles. The summed E-state index contributed by atoms with van der Waals surface area (Å²) < 4.78 is 10.7. The van der Waals surface area contributed by atoms with E-state index in [-0.39, 0.29) is 31.7 Å². The molecule has 0 aliphatic rings. The van der Waals surface area contributed by atoms with Gasteiger partial charge in [0, 0.05) is 6.61 Å². The molecule has 0 aromatic rings. The number of aliphatic hydroxyl groups is 1. The van der Waals surface area contributed by atoms with Crippen molar-refractivity contribution in [3.63, 3.8) is 0 Å². The molecule has 0 bridgehead atoms. The molecule has 20 heavy (non-hydrogen) atoms. The van der Waals surface area contributed by atoms with Crippen LogP contribution < -0.4 is 0 Å². The highest BCUT2D eigenvalue weighted by Crippen LogP contribution is 1.96. The van der Waals surface area contributed by atoms with Gasteiger partial charge in [-0.2, -0.15) is 0 Å². The number of hydrogen-bond donors (Lipinski definition) is 3. The summed E-state index contributed by atoms with van der Waals surface area (Å²) in [5.41, 5.74) is 0. The molecule has 7 nitrogen and oxygen atoms in total. The molecule has 0 radical (unpaired) electrons. The fraction of sp³-hybridized carbons (Fsp3) is 0.846. The SMILES string of the molecule is CCCOC(C)COC(C)CO.O=C(O)CCC(=O)O. The van der Waals surface area contributed by atoms with Crippen LogP contribution in [0.2, 0.25) is 0 Å². The average molecular weight is 294 g/mol. The van der Waals surface area contributed by atoms with Crippen molar-refractivity contribution in [3.05, 3.63) is 0 Å². The molecule has 0 saturated carbocycles. The second kappa shape index (κ2) is 14.2. The molecule has 0 spiro atoms. The molecular weight excluding hydrogens is 268 g/mol. The van der Waals surface area contributed by atoms with Gasteiger partial charge in [0.05, 0.1) is 38.3 Å². The minimum atomic E-state index is -1.08. The molecule has 120 valence electrons. The van der Waals surface area contributed by atoms with Gasteiger partial charge in [-0.05, 0) is 20.3 Å². The summed E-state index contributed by atoms with van der Waals surface area (Å²) in [5, 5.41) is 24.5. The molecule has 0 aliphatic heterocycles. The Morgan fingerprint density at radius 2 is 1.50 bits per heavy atom. The van der Waals surface area contributed by atoms with E-state index in [1.165, 1.54) is 0 Å². The van der Waals surface area contributed by atoms with Gasteiger partial charge in [0.15, 0.2) is 0 Å². The monoisotopic (exact) mass is 294 g/mol. The van der Waals surface area contributed by atoms with Crippen LogP contribution in [0.1, 0.15) is 40.0 Å². The Balaban J connectivity index is 0. The standard InChI is InChI=1S/C9H20O3.C4H6O4/c1-4-5-11-9(3)7-12-8(2)6-10;5-3(6)1-2-4(7)8/h8-10H,4-7H2,1-3H3;1-2H2,(H,5,6)(H,7,8). The fourth-order valence-electron chi connectivity index (χ4n) is 0.933. The Hall–Kier alpha value is -1.18. The maximum atomic E-state index is 9.64. The van der Waals surface area contributed by atoms with E-state index in [4.69, 9.17) is 24.8 Å². The lowest BCUT2D eigenvalue weighted by atomic mass is 10.3. The predicted octanol–water partition coefficient (Wildman–Crippen LogP) is 1.13. The summed E-state index contributed by atoms with van der Waals surface area (Å²) in [6, 6.07) is 0. The number of carboxylic acids is 2. The number of aliphatic carboxylic acids is 2. The summed E-state index contributed by atoms with van der Waals surface area (Å²) >= 11 is 0. The van der Waals surface area contributed by atoms with E-state index in [9.17, 15) is 9.59 Å². The second-order valence-electron chi connectivity index (χ2n) is 4.30. The molecule has 0 aromatic carbocycles. The van der Waals surface area contributed by atoms with Crippen molar-refractivity contribution < 1.29 is 34.4 Å². The van der Waals surface area contributed by atoms with Crippen molar-refractivity contribution in [1.29, 1.82) is 0 Å². The molecule has 0 heterocycles. The Kier molecular flexibility index (Phi) is 15.0. The number of aliphatic hydroxyl groups excluding tert-OH is 1. The van der Waals surface area contributed by atoms with E-state index in [0.29, 0.717) is 6.61 Å². The lowest BCUT2D eigenvalue weighted by Crippen LogP contribution is -2.22. The van der Waals surface area contributed by atoms with Gasteiger partial charge < -0.3 is 24.8 Å². The van der Waals surface area contributed by atoms with Crippen molar-refractivity contribution in [1.82, 2.24) is 0 Å². The Bertz CT molecular complexity index is 241. The van der Waals surface area contributed by atoms with Gasteiger partial charge in [-0.15, -0.1) is 0 Å². The van der Waals surface area contributed by atoms with Crippen LogP contribution in [-0.4, -0.2) is 59.3 Å². The lowest BCUT2D eigenvalue weighted by molar-refractivity contribution is -0.143. The van der Waals surface area contributed by atoms with Crippen molar-refractivity contribution >= 4 is 11.9 Å². The summed E-state index contributed by atoms with van der Waals surface area (Å²) in [5.74, 6) is -2.15. The van der Waals surface area contributed by atoms with E-state index in [1.807, 2.05) is 13.8 Å². The van der Waals surface area contributed by atoms with Crippen molar-refractivity contribution in [3.8, 4) is 0 Å². The Morgan fingerprint density at radius 1 is 1.00 bits per heavy atom. The zero-order valence-corrected chi connectivity index (χ0v) is 12.4. The molecular formula is C13H26O7. The van der Waals surface area contributed by atoms with Crippen LogP contribution in [0, 0.1) is 0 Å². The van der Waals surface area contributed by atoms with Crippen LogP contribution in [0.4, 0.5) is 0 Å². The highest BCUT2D eigenvalue weighted by atomic mass is 16.5. The normalized spacial score (nSPS) is 13.0. The van der Waals surface area contributed by atoms with Crippen LogP contribution >= 0.6 is 0 Å². The third-order valence-electron chi connectivity index (χ3n) is 2.03. The molecule has 0 rings (SSSR count). The van der Waals surface area contributed by atoms with Crippen LogP contribution in [0.5, 0.6) is 0 Å². The maximum Gasteiger partial charge on any atom is 0.303 e. The van der Waals surface area contributed by atoms with E-state index >= 15 is 0 Å². The van der Waals surface area contributed by atoms with Gasteiger partial charge in [0.1, 0.15) is 0 Å². The topological polar surface area (TPSA) is 113 Å². The van der Waals surface area contributed by atoms with E-state index < -0.39 is 11.9 Å². The third-order valence-corrected chi connectivity index (χ3v) is 2.03. The number of carboxylic acid groups (broad SMARTS) is 2. The number of rotatable bonds is 10. The van der Waals surface area contributed by atoms with E-state index in [2.05, 4.69) is 6.92 Å². The van der Waals surface area contributed by atoms with Gasteiger partial charge in [-0.25, -0.2) is 0 Å². The van der Waals surface area contributed by atoms with Gasteiger partial charge in [0.25, 0.3) is 0 Å². The minimum absolute atomic E-state index is 0.0699. The largest absolute Gasteiger partial charge is 0.481 e. The molecule has 2 unspecified atom stereocenters. The van der Waals surface area contributed by atoms with E-state index in [0.717, 1.165) is 13.0 Å². The number of ether oxygens (including phenoxy) is 2. The quantitative estimate of drug-likeness (QED) is 0.553. The average Bonchev–Trinajstić information content (AvgIpc) is 2.40. The first-order valence-corrected chi connectivity index (χ1v) is 6.61. The smallest absolute Gasteiger partial charge is 0.303 e. The third kappa shape index (κ3) is 19.2. The lowest BCUT2D eigenvalue weighted by Gasteiger charge is -2.15. The Morgan fingerprint density at radius 3 is 1.85 bits per heavy atom. The van der Waals surface area contributed by atoms with Crippen molar-refractivity contribution in [2.24, 2.45) is 0 Å². The highest BCUT2D eigenvalue weighted by molar-refractivity contribution is 5.75. The maximum absolute atomic E-state index is 9.64. The molecule has 2 atom stereocenters. The molecule has 0 aromatic heterocycles. The van der Waals surface area contributed by atoms with Crippen LogP contribution in [0.15, 0.2) is 0 Å². The first-order chi connectivity index (χ1) is 9.33.